The van der Waals surface area contributed by atoms with Crippen molar-refractivity contribution < 1.29 is 23.7 Å². The highest BCUT2D eigenvalue weighted by Gasteiger charge is 2.28. The molecule has 0 saturated carbocycles. The fourth-order valence-electron chi connectivity index (χ4n) is 4.12. The molecule has 0 amide bonds. The molecule has 3 aromatic carbocycles. The van der Waals surface area contributed by atoms with Crippen molar-refractivity contribution in [1.29, 1.82) is 0 Å². The lowest BCUT2D eigenvalue weighted by atomic mass is 9.94. The van der Waals surface area contributed by atoms with E-state index in [0.29, 0.717) is 17.2 Å². The Hall–Kier alpha value is -3.73. The van der Waals surface area contributed by atoms with E-state index in [2.05, 4.69) is 36.4 Å². The van der Waals surface area contributed by atoms with Gasteiger partial charge in [-0.1, -0.05) is 48.5 Å². The van der Waals surface area contributed by atoms with Gasteiger partial charge in [0.05, 0.1) is 21.3 Å². The average Bonchev–Trinajstić information content (AvgIpc) is 3.17. The number of hydrogen-bond donors (Lipinski definition) is 0. The van der Waals surface area contributed by atoms with Crippen LogP contribution in [0.15, 0.2) is 60.7 Å². The maximum atomic E-state index is 12.1. The molecule has 0 bridgehead atoms. The third-order valence-electron chi connectivity index (χ3n) is 5.43. The van der Waals surface area contributed by atoms with Gasteiger partial charge >= 0.3 is 5.97 Å². The highest BCUT2D eigenvalue weighted by Crippen LogP contribution is 2.52. The lowest BCUT2D eigenvalue weighted by Gasteiger charge is -2.20. The Morgan fingerprint density at radius 1 is 0.806 bits per heavy atom. The first-order valence-corrected chi connectivity index (χ1v) is 10.0. The normalized spacial score (nSPS) is 11.7. The van der Waals surface area contributed by atoms with Gasteiger partial charge in [0, 0.05) is 11.6 Å². The van der Waals surface area contributed by atoms with E-state index in [4.69, 9.17) is 18.9 Å². The van der Waals surface area contributed by atoms with Crippen LogP contribution in [0.5, 0.6) is 23.0 Å². The molecule has 0 aliphatic heterocycles. The van der Waals surface area contributed by atoms with Gasteiger partial charge in [-0.15, -0.1) is 0 Å². The summed E-state index contributed by atoms with van der Waals surface area (Å²) in [6, 6.07) is 16.5. The van der Waals surface area contributed by atoms with Crippen molar-refractivity contribution in [2.24, 2.45) is 0 Å². The van der Waals surface area contributed by atoms with Gasteiger partial charge in [-0.25, -0.2) is 4.79 Å². The summed E-state index contributed by atoms with van der Waals surface area (Å²) in [5, 5.41) is 0. The van der Waals surface area contributed by atoms with Gasteiger partial charge in [0.15, 0.2) is 11.5 Å². The number of esters is 1. The summed E-state index contributed by atoms with van der Waals surface area (Å²) in [7, 11) is 4.62. The van der Waals surface area contributed by atoms with E-state index in [9.17, 15) is 4.79 Å². The van der Waals surface area contributed by atoms with Gasteiger partial charge in [0.2, 0.25) is 11.5 Å². The number of fused-ring (bicyclic) bond motifs is 3. The monoisotopic (exact) mass is 416 g/mol. The van der Waals surface area contributed by atoms with E-state index in [1.165, 1.54) is 42.5 Å². The molecule has 0 spiro atoms. The Morgan fingerprint density at radius 2 is 1.48 bits per heavy atom. The highest BCUT2D eigenvalue weighted by molar-refractivity contribution is 5.90. The number of carbonyl (C=O) groups is 1. The molecule has 0 heterocycles. The minimum atomic E-state index is -0.523. The molecule has 158 valence electrons. The summed E-state index contributed by atoms with van der Waals surface area (Å²) in [5.41, 5.74) is 6.79. The molecule has 0 radical (unpaired) electrons. The smallest absolute Gasteiger partial charge is 0.336 e. The van der Waals surface area contributed by atoms with Crippen LogP contribution in [0.1, 0.15) is 18.1 Å². The van der Waals surface area contributed by atoms with Crippen molar-refractivity contribution in [3.8, 4) is 45.3 Å². The fourth-order valence-corrected chi connectivity index (χ4v) is 4.12. The van der Waals surface area contributed by atoms with E-state index in [1.54, 1.807) is 20.1 Å². The number of ether oxygens (including phenoxy) is 4. The van der Waals surface area contributed by atoms with Gasteiger partial charge in [-0.05, 0) is 47.2 Å². The van der Waals surface area contributed by atoms with E-state index >= 15 is 0 Å². The first-order valence-electron chi connectivity index (χ1n) is 10.0. The van der Waals surface area contributed by atoms with Crippen molar-refractivity contribution in [2.45, 2.75) is 13.3 Å². The molecule has 0 N–H and O–H groups in total. The number of carbonyl (C=O) groups excluding carboxylic acids is 1. The molecule has 1 aliphatic carbocycles. The van der Waals surface area contributed by atoms with Crippen LogP contribution < -0.4 is 18.9 Å². The molecule has 0 aromatic heterocycles. The highest BCUT2D eigenvalue weighted by atomic mass is 16.6. The predicted octanol–water partition coefficient (Wildman–Crippen LogP) is 5.43. The molecule has 3 aromatic rings. The van der Waals surface area contributed by atoms with Crippen molar-refractivity contribution in [3.05, 3.63) is 71.8 Å². The van der Waals surface area contributed by atoms with E-state index in [0.717, 1.165) is 17.5 Å². The van der Waals surface area contributed by atoms with Crippen molar-refractivity contribution in [2.75, 3.05) is 21.3 Å². The standard InChI is InChI=1S/C26H24O5/c1-5-9-23(27)31-25-22(28-2)15-21(24(29-3)26(25)30-4)19-13-8-12-18-17-11-7-6-10-16(17)14-20(18)19/h5-13,15H,14H2,1-4H3. The van der Waals surface area contributed by atoms with Crippen LogP contribution in [0.4, 0.5) is 0 Å². The topological polar surface area (TPSA) is 54.0 Å². The second kappa shape index (κ2) is 8.56. The Balaban J connectivity index is 1.92. The molecule has 4 rings (SSSR count). The predicted molar refractivity (Wildman–Crippen MR) is 120 cm³/mol. The maximum absolute atomic E-state index is 12.1. The van der Waals surface area contributed by atoms with Crippen molar-refractivity contribution in [3.63, 3.8) is 0 Å². The van der Waals surface area contributed by atoms with Crippen LogP contribution in [0, 0.1) is 0 Å². The zero-order valence-electron chi connectivity index (χ0n) is 18.0. The van der Waals surface area contributed by atoms with Crippen LogP contribution in [-0.2, 0) is 11.2 Å². The van der Waals surface area contributed by atoms with Gasteiger partial charge < -0.3 is 18.9 Å². The number of allylic oxidation sites excluding steroid dienone is 1. The number of hydrogen-bond acceptors (Lipinski definition) is 5. The Bertz CT molecular complexity index is 1180. The number of benzene rings is 3. The first-order chi connectivity index (χ1) is 15.1. The molecular formula is C26H24O5. The third kappa shape index (κ3) is 3.52. The Kier molecular flexibility index (Phi) is 5.67. The molecule has 1 aliphatic rings. The Morgan fingerprint density at radius 3 is 2.16 bits per heavy atom. The molecule has 5 nitrogen and oxygen atoms in total. The zero-order chi connectivity index (χ0) is 22.0. The van der Waals surface area contributed by atoms with Crippen LogP contribution >= 0.6 is 0 Å². The molecule has 31 heavy (non-hydrogen) atoms. The average molecular weight is 416 g/mol. The summed E-state index contributed by atoms with van der Waals surface area (Å²) >= 11 is 0. The van der Waals surface area contributed by atoms with Gasteiger partial charge in [0.25, 0.3) is 0 Å². The molecular weight excluding hydrogens is 392 g/mol. The summed E-state index contributed by atoms with van der Waals surface area (Å²) in [5.74, 6) is 0.840. The van der Waals surface area contributed by atoms with Gasteiger partial charge in [-0.3, -0.25) is 0 Å². The van der Waals surface area contributed by atoms with Gasteiger partial charge in [-0.2, -0.15) is 0 Å². The number of methoxy groups -OCH3 is 3. The number of rotatable bonds is 6. The SMILES string of the molecule is CC=CC(=O)Oc1c(OC)cc(-c2cccc3c2Cc2ccccc2-3)c(OC)c1OC. The molecule has 0 atom stereocenters. The summed E-state index contributed by atoms with van der Waals surface area (Å²) in [4.78, 5) is 12.1. The van der Waals surface area contributed by atoms with Crippen LogP contribution in [0.2, 0.25) is 0 Å². The van der Waals surface area contributed by atoms with Crippen LogP contribution in [-0.4, -0.2) is 27.3 Å². The van der Waals surface area contributed by atoms with E-state index < -0.39 is 5.97 Å². The van der Waals surface area contributed by atoms with Crippen molar-refractivity contribution in [1.82, 2.24) is 0 Å². The lowest BCUT2D eigenvalue weighted by molar-refractivity contribution is -0.129. The lowest BCUT2D eigenvalue weighted by Crippen LogP contribution is -2.08. The van der Waals surface area contributed by atoms with Crippen molar-refractivity contribution >= 4 is 5.97 Å². The molecule has 0 unspecified atom stereocenters. The largest absolute Gasteiger partial charge is 0.493 e. The summed E-state index contributed by atoms with van der Waals surface area (Å²) < 4.78 is 22.5. The first kappa shape index (κ1) is 20.5. The minimum absolute atomic E-state index is 0.185. The summed E-state index contributed by atoms with van der Waals surface area (Å²) in [6.07, 6.45) is 3.77. The van der Waals surface area contributed by atoms with Crippen LogP contribution in [0.25, 0.3) is 22.3 Å². The van der Waals surface area contributed by atoms with Crippen LogP contribution in [0.3, 0.4) is 0 Å². The van der Waals surface area contributed by atoms with E-state index in [1.807, 2.05) is 12.1 Å². The second-order valence-electron chi connectivity index (χ2n) is 7.11. The van der Waals surface area contributed by atoms with Gasteiger partial charge in [0.1, 0.15) is 0 Å². The minimum Gasteiger partial charge on any atom is -0.493 e. The second-order valence-corrected chi connectivity index (χ2v) is 7.11. The molecule has 0 fully saturated rings. The third-order valence-corrected chi connectivity index (χ3v) is 5.43. The molecule has 5 heteroatoms. The quantitative estimate of drug-likeness (QED) is 0.238. The zero-order valence-corrected chi connectivity index (χ0v) is 18.0. The summed E-state index contributed by atoms with van der Waals surface area (Å²) in [6.45, 7) is 1.74. The van der Waals surface area contributed by atoms with E-state index in [-0.39, 0.29) is 5.75 Å². The Labute approximate surface area is 181 Å². The maximum Gasteiger partial charge on any atom is 0.336 e. The molecule has 0 saturated heterocycles. The fraction of sp³-hybridized carbons (Fsp3) is 0.192.